The van der Waals surface area contributed by atoms with Crippen molar-refractivity contribution in [3.8, 4) is 17.0 Å². The number of carbonyl (C=O) groups is 1. The van der Waals surface area contributed by atoms with Crippen LogP contribution in [-0.4, -0.2) is 76.0 Å². The maximum Gasteiger partial charge on any atom is 0.247 e. The SMILES string of the molecule is C=CC(=O)Nc1cc2c(Nc3ccnc(-c4ccccc4F)c3)ncnc2cc1O[C@@H]1CCN(C2CCN(C)CC2)C1. The first-order valence-electron chi connectivity index (χ1n) is 14.3. The minimum atomic E-state index is -0.346. The predicted octanol–water partition coefficient (Wildman–Crippen LogP) is 5.25. The number of hydrogen-bond acceptors (Lipinski definition) is 8. The summed E-state index contributed by atoms with van der Waals surface area (Å²) < 4.78 is 20.9. The zero-order valence-corrected chi connectivity index (χ0v) is 23.6. The second kappa shape index (κ2) is 12.2. The summed E-state index contributed by atoms with van der Waals surface area (Å²) in [6.45, 7) is 7.69. The number of nitrogens with zero attached hydrogens (tertiary/aromatic N) is 5. The van der Waals surface area contributed by atoms with E-state index in [0.717, 1.165) is 32.6 Å². The van der Waals surface area contributed by atoms with E-state index in [0.29, 0.717) is 51.1 Å². The molecule has 2 aliphatic rings. The van der Waals surface area contributed by atoms with E-state index in [1.807, 2.05) is 12.1 Å². The molecular weight excluding hydrogens is 533 g/mol. The number of benzene rings is 2. The maximum atomic E-state index is 14.4. The van der Waals surface area contributed by atoms with E-state index < -0.39 is 0 Å². The molecule has 42 heavy (non-hydrogen) atoms. The van der Waals surface area contributed by atoms with E-state index in [-0.39, 0.29) is 17.8 Å². The van der Waals surface area contributed by atoms with Gasteiger partial charge in [-0.3, -0.25) is 14.7 Å². The highest BCUT2D eigenvalue weighted by molar-refractivity contribution is 6.03. The van der Waals surface area contributed by atoms with Crippen molar-refractivity contribution in [3.05, 3.63) is 79.5 Å². The van der Waals surface area contributed by atoms with E-state index in [4.69, 9.17) is 4.74 Å². The summed E-state index contributed by atoms with van der Waals surface area (Å²) in [7, 11) is 2.18. The monoisotopic (exact) mass is 567 g/mol. The summed E-state index contributed by atoms with van der Waals surface area (Å²) in [6.07, 6.45) is 7.60. The van der Waals surface area contributed by atoms with Crippen molar-refractivity contribution in [2.24, 2.45) is 0 Å². The minimum absolute atomic E-state index is 0.00884. The average Bonchev–Trinajstić information content (AvgIpc) is 3.47. The molecule has 216 valence electrons. The van der Waals surface area contributed by atoms with Crippen LogP contribution in [-0.2, 0) is 4.79 Å². The van der Waals surface area contributed by atoms with Crippen LogP contribution in [0, 0.1) is 5.82 Å². The summed E-state index contributed by atoms with van der Waals surface area (Å²) >= 11 is 0. The van der Waals surface area contributed by atoms with Crippen LogP contribution in [0.2, 0.25) is 0 Å². The number of halogens is 1. The zero-order chi connectivity index (χ0) is 29.1. The zero-order valence-electron chi connectivity index (χ0n) is 23.6. The largest absolute Gasteiger partial charge is 0.487 e. The molecular formula is C32H34FN7O2. The minimum Gasteiger partial charge on any atom is -0.487 e. The smallest absolute Gasteiger partial charge is 0.247 e. The summed E-state index contributed by atoms with van der Waals surface area (Å²) in [4.78, 5) is 30.6. The average molecular weight is 568 g/mol. The number of rotatable bonds is 8. The van der Waals surface area contributed by atoms with Crippen molar-refractivity contribution in [3.63, 3.8) is 0 Å². The number of fused-ring (bicyclic) bond motifs is 1. The van der Waals surface area contributed by atoms with Crippen molar-refractivity contribution in [1.29, 1.82) is 0 Å². The lowest BCUT2D eigenvalue weighted by Crippen LogP contribution is -2.43. The van der Waals surface area contributed by atoms with E-state index >= 15 is 0 Å². The Hall–Kier alpha value is -4.41. The number of anilines is 3. The molecule has 1 amide bonds. The fourth-order valence-corrected chi connectivity index (χ4v) is 5.75. The lowest BCUT2D eigenvalue weighted by Gasteiger charge is -2.35. The molecule has 0 saturated carbocycles. The van der Waals surface area contributed by atoms with Crippen LogP contribution in [0.4, 0.5) is 21.6 Å². The Morgan fingerprint density at radius 1 is 1.07 bits per heavy atom. The van der Waals surface area contributed by atoms with Gasteiger partial charge in [-0.2, -0.15) is 0 Å². The van der Waals surface area contributed by atoms with Crippen molar-refractivity contribution in [2.75, 3.05) is 43.9 Å². The molecule has 4 heterocycles. The number of likely N-dealkylation sites (tertiary alicyclic amines) is 2. The van der Waals surface area contributed by atoms with Crippen LogP contribution in [0.25, 0.3) is 22.2 Å². The molecule has 0 radical (unpaired) electrons. The van der Waals surface area contributed by atoms with Gasteiger partial charge in [0, 0.05) is 48.0 Å². The number of nitrogens with one attached hydrogen (secondary N) is 2. The Balaban J connectivity index is 1.26. The van der Waals surface area contributed by atoms with Gasteiger partial charge >= 0.3 is 0 Å². The van der Waals surface area contributed by atoms with Gasteiger partial charge in [-0.25, -0.2) is 14.4 Å². The second-order valence-corrected chi connectivity index (χ2v) is 10.9. The van der Waals surface area contributed by atoms with Crippen molar-refractivity contribution < 1.29 is 13.9 Å². The fourth-order valence-electron chi connectivity index (χ4n) is 5.75. The first-order valence-corrected chi connectivity index (χ1v) is 14.3. The number of aromatic nitrogens is 3. The van der Waals surface area contributed by atoms with Crippen LogP contribution in [0.3, 0.4) is 0 Å². The Bertz CT molecular complexity index is 1610. The van der Waals surface area contributed by atoms with Crippen LogP contribution in [0.5, 0.6) is 5.75 Å². The van der Waals surface area contributed by atoms with Crippen molar-refractivity contribution in [1.82, 2.24) is 24.8 Å². The van der Waals surface area contributed by atoms with Gasteiger partial charge in [0.25, 0.3) is 0 Å². The van der Waals surface area contributed by atoms with E-state index in [1.54, 1.807) is 36.5 Å². The Morgan fingerprint density at radius 2 is 1.90 bits per heavy atom. The molecule has 2 fully saturated rings. The highest BCUT2D eigenvalue weighted by Gasteiger charge is 2.31. The van der Waals surface area contributed by atoms with Crippen LogP contribution < -0.4 is 15.4 Å². The lowest BCUT2D eigenvalue weighted by molar-refractivity contribution is -0.111. The van der Waals surface area contributed by atoms with E-state index in [9.17, 15) is 9.18 Å². The van der Waals surface area contributed by atoms with Crippen LogP contribution in [0.15, 0.2) is 73.7 Å². The number of piperidine rings is 1. The number of pyridine rings is 1. The second-order valence-electron chi connectivity index (χ2n) is 10.9. The molecule has 2 N–H and O–H groups in total. The summed E-state index contributed by atoms with van der Waals surface area (Å²) in [5, 5.41) is 6.90. The number of amides is 1. The third kappa shape index (κ3) is 6.09. The quantitative estimate of drug-likeness (QED) is 0.279. The topological polar surface area (TPSA) is 95.5 Å². The highest BCUT2D eigenvalue weighted by atomic mass is 19.1. The van der Waals surface area contributed by atoms with Gasteiger partial charge in [-0.1, -0.05) is 18.7 Å². The number of ether oxygens (including phenoxy) is 1. The number of carbonyl (C=O) groups excluding carboxylic acids is 1. The molecule has 2 aromatic heterocycles. The molecule has 6 rings (SSSR count). The third-order valence-electron chi connectivity index (χ3n) is 8.03. The van der Waals surface area contributed by atoms with Gasteiger partial charge in [-0.05, 0) is 75.8 Å². The highest BCUT2D eigenvalue weighted by Crippen LogP contribution is 2.35. The maximum absolute atomic E-state index is 14.4. The Labute approximate surface area is 244 Å². The normalized spacial score (nSPS) is 18.2. The first kappa shape index (κ1) is 27.7. The van der Waals surface area contributed by atoms with Crippen molar-refractivity contribution >= 4 is 34.0 Å². The molecule has 9 nitrogen and oxygen atoms in total. The molecule has 0 bridgehead atoms. The molecule has 0 aliphatic carbocycles. The molecule has 2 saturated heterocycles. The van der Waals surface area contributed by atoms with E-state index in [1.165, 1.54) is 31.3 Å². The van der Waals surface area contributed by atoms with Gasteiger partial charge in [0.15, 0.2) is 0 Å². The standard InChI is InChI=1S/C32H34FN7O2/c1-3-31(41)38-29-17-25-28(18-30(29)42-23-11-15-40(19-23)22-9-13-39(2)14-10-22)35-20-36-32(25)37-21-8-12-34-27(16-21)24-6-4-5-7-26(24)33/h3-8,12,16-18,20,22-23H,1,9-11,13-15,19H2,2H3,(H,38,41)(H,34,35,36,37)/t23-/m1/s1. The van der Waals surface area contributed by atoms with Gasteiger partial charge in [0.2, 0.25) is 5.91 Å². The molecule has 0 unspecified atom stereocenters. The van der Waals surface area contributed by atoms with Crippen LogP contribution in [0.1, 0.15) is 19.3 Å². The molecule has 2 aromatic carbocycles. The molecule has 4 aromatic rings. The van der Waals surface area contributed by atoms with Gasteiger partial charge < -0.3 is 20.3 Å². The Morgan fingerprint density at radius 3 is 2.71 bits per heavy atom. The summed E-state index contributed by atoms with van der Waals surface area (Å²) in [5.74, 6) is 0.402. The third-order valence-corrected chi connectivity index (χ3v) is 8.03. The molecule has 10 heteroatoms. The summed E-state index contributed by atoms with van der Waals surface area (Å²) in [6, 6.07) is 14.3. The van der Waals surface area contributed by atoms with E-state index in [2.05, 4.69) is 49.0 Å². The summed E-state index contributed by atoms with van der Waals surface area (Å²) in [5.41, 5.74) is 2.76. The van der Waals surface area contributed by atoms with Crippen LogP contribution >= 0.6 is 0 Å². The Kier molecular flexibility index (Phi) is 8.07. The van der Waals surface area contributed by atoms with Gasteiger partial charge in [0.05, 0.1) is 16.9 Å². The molecule has 0 spiro atoms. The molecule has 1 atom stereocenters. The number of hydrogen-bond donors (Lipinski definition) is 2. The first-order chi connectivity index (χ1) is 20.5. The predicted molar refractivity (Wildman–Crippen MR) is 162 cm³/mol. The van der Waals surface area contributed by atoms with Gasteiger partial charge in [0.1, 0.15) is 29.8 Å². The van der Waals surface area contributed by atoms with Gasteiger partial charge in [-0.15, -0.1) is 0 Å². The van der Waals surface area contributed by atoms with Crippen molar-refractivity contribution in [2.45, 2.75) is 31.4 Å². The molecule has 2 aliphatic heterocycles. The lowest BCUT2D eigenvalue weighted by atomic mass is 10.0. The fraction of sp³-hybridized carbons (Fsp3) is 0.312.